The van der Waals surface area contributed by atoms with Crippen molar-refractivity contribution in [2.75, 3.05) is 0 Å². The van der Waals surface area contributed by atoms with Gasteiger partial charge in [0.05, 0.1) is 0 Å². The molecule has 3 aromatic carbocycles. The van der Waals surface area contributed by atoms with Gasteiger partial charge in [-0.1, -0.05) is 59.3 Å². The number of nitrogens with zero attached hydrogens (tertiary/aromatic N) is 1. The van der Waals surface area contributed by atoms with E-state index in [1.807, 2.05) is 36.4 Å². The largest absolute Gasteiger partial charge is 0.508 e. The fraction of sp³-hybridized carbons (Fsp3) is 0.143. The molecule has 0 aliphatic heterocycles. The van der Waals surface area contributed by atoms with E-state index >= 15 is 0 Å². The van der Waals surface area contributed by atoms with Crippen molar-refractivity contribution in [1.82, 2.24) is 0 Å². The van der Waals surface area contributed by atoms with E-state index in [-0.39, 0.29) is 11.2 Å². The van der Waals surface area contributed by atoms with E-state index in [0.717, 1.165) is 27.6 Å². The molecule has 126 valence electrons. The van der Waals surface area contributed by atoms with Gasteiger partial charge in [0, 0.05) is 9.89 Å². The quantitative estimate of drug-likeness (QED) is 0.407. The first kappa shape index (κ1) is 17.4. The smallest absolute Gasteiger partial charge is 0.115 e. The number of hydrogen-bond donors (Lipinski definition) is 1. The Bertz CT molecular complexity index is 810. The number of rotatable bonds is 5. The van der Waals surface area contributed by atoms with Gasteiger partial charge < -0.3 is 5.11 Å². The number of aromatic hydroxyl groups is 1. The summed E-state index contributed by atoms with van der Waals surface area (Å²) < 4.78 is 1.02. The van der Waals surface area contributed by atoms with E-state index in [2.05, 4.69) is 40.2 Å². The summed E-state index contributed by atoms with van der Waals surface area (Å²) >= 11 is 3.49. The van der Waals surface area contributed by atoms with E-state index < -0.39 is 0 Å². The summed E-state index contributed by atoms with van der Waals surface area (Å²) in [7, 11) is 0. The van der Waals surface area contributed by atoms with Crippen LogP contribution in [0.1, 0.15) is 30.0 Å². The van der Waals surface area contributed by atoms with Crippen LogP contribution in [0.15, 0.2) is 82.4 Å². The first-order valence-electron chi connectivity index (χ1n) is 8.09. The zero-order valence-corrected chi connectivity index (χ0v) is 15.4. The van der Waals surface area contributed by atoms with Crippen LogP contribution in [0.3, 0.4) is 0 Å². The molecule has 0 saturated carbocycles. The number of nitroso groups, excluding NO2 is 1. The van der Waals surface area contributed by atoms with Gasteiger partial charge in [0.25, 0.3) is 0 Å². The molecule has 1 atom stereocenters. The number of phenols is 1. The standard InChI is InChI=1S/C21H18BrNO2/c1-2-21(15-3-9-18(22)10-4-15,17-7-13-20(24)14-8-17)16-5-11-19(23-25)12-6-16/h3-14,24H,2H2,1H3. The van der Waals surface area contributed by atoms with Crippen molar-refractivity contribution in [1.29, 1.82) is 0 Å². The topological polar surface area (TPSA) is 49.7 Å². The Labute approximate surface area is 155 Å². The zero-order valence-electron chi connectivity index (χ0n) is 13.8. The third kappa shape index (κ3) is 3.22. The molecule has 0 saturated heterocycles. The summed E-state index contributed by atoms with van der Waals surface area (Å²) in [5.74, 6) is 0.241. The van der Waals surface area contributed by atoms with Gasteiger partial charge in [-0.2, -0.15) is 0 Å². The van der Waals surface area contributed by atoms with Crippen molar-refractivity contribution in [3.05, 3.63) is 98.9 Å². The monoisotopic (exact) mass is 395 g/mol. The molecule has 0 bridgehead atoms. The van der Waals surface area contributed by atoms with Crippen LogP contribution in [0.25, 0.3) is 0 Å². The molecule has 25 heavy (non-hydrogen) atoms. The van der Waals surface area contributed by atoms with Crippen molar-refractivity contribution >= 4 is 21.6 Å². The molecular formula is C21H18BrNO2. The number of phenolic OH excluding ortho intramolecular Hbond substituents is 1. The van der Waals surface area contributed by atoms with Crippen LogP contribution in [0.4, 0.5) is 5.69 Å². The summed E-state index contributed by atoms with van der Waals surface area (Å²) in [6.07, 6.45) is 0.827. The highest BCUT2D eigenvalue weighted by molar-refractivity contribution is 9.10. The van der Waals surface area contributed by atoms with Crippen molar-refractivity contribution in [2.45, 2.75) is 18.8 Å². The van der Waals surface area contributed by atoms with Gasteiger partial charge in [-0.15, -0.1) is 4.91 Å². The van der Waals surface area contributed by atoms with Crippen LogP contribution in [0.2, 0.25) is 0 Å². The number of benzene rings is 3. The lowest BCUT2D eigenvalue weighted by molar-refractivity contribution is 0.474. The molecule has 1 unspecified atom stereocenters. The SMILES string of the molecule is CCC(c1ccc(O)cc1)(c1ccc(Br)cc1)c1ccc(N=O)cc1. The maximum atomic E-state index is 10.8. The van der Waals surface area contributed by atoms with Gasteiger partial charge in [0.2, 0.25) is 0 Å². The summed E-state index contributed by atoms with van der Waals surface area (Å²) in [4.78, 5) is 10.8. The molecule has 0 spiro atoms. The second kappa shape index (κ2) is 7.19. The number of halogens is 1. The number of hydrogen-bond acceptors (Lipinski definition) is 3. The highest BCUT2D eigenvalue weighted by atomic mass is 79.9. The molecule has 0 amide bonds. The van der Waals surface area contributed by atoms with Crippen LogP contribution < -0.4 is 0 Å². The van der Waals surface area contributed by atoms with Gasteiger partial charge in [-0.3, -0.25) is 0 Å². The van der Waals surface area contributed by atoms with E-state index in [4.69, 9.17) is 0 Å². The zero-order chi connectivity index (χ0) is 17.9. The molecule has 3 rings (SSSR count). The Balaban J connectivity index is 2.26. The Morgan fingerprint density at radius 2 is 1.28 bits per heavy atom. The molecule has 0 aromatic heterocycles. The molecule has 0 heterocycles. The molecule has 0 fully saturated rings. The highest BCUT2D eigenvalue weighted by Crippen LogP contribution is 2.43. The van der Waals surface area contributed by atoms with Crippen LogP contribution in [0.5, 0.6) is 5.75 Å². The Morgan fingerprint density at radius 3 is 1.72 bits per heavy atom. The van der Waals surface area contributed by atoms with Gasteiger partial charge in [-0.05, 0) is 64.7 Å². The van der Waals surface area contributed by atoms with Crippen molar-refractivity contribution < 1.29 is 5.11 Å². The third-order valence-corrected chi connectivity index (χ3v) is 5.22. The van der Waals surface area contributed by atoms with Gasteiger partial charge in [0.1, 0.15) is 11.4 Å². The Kier molecular flexibility index (Phi) is 5.00. The highest BCUT2D eigenvalue weighted by Gasteiger charge is 2.34. The molecule has 4 heteroatoms. The molecule has 1 N–H and O–H groups in total. The normalized spacial score (nSPS) is 13.2. The molecule has 0 radical (unpaired) electrons. The minimum Gasteiger partial charge on any atom is -0.508 e. The fourth-order valence-corrected chi connectivity index (χ4v) is 3.66. The first-order valence-corrected chi connectivity index (χ1v) is 8.89. The van der Waals surface area contributed by atoms with E-state index in [0.29, 0.717) is 5.69 Å². The van der Waals surface area contributed by atoms with Crippen molar-refractivity contribution in [3.63, 3.8) is 0 Å². The average molecular weight is 396 g/mol. The first-order chi connectivity index (χ1) is 12.1. The minimum atomic E-state index is -0.379. The van der Waals surface area contributed by atoms with Gasteiger partial charge in [-0.25, -0.2) is 0 Å². The molecule has 0 aliphatic carbocycles. The summed E-state index contributed by atoms with van der Waals surface area (Å²) in [5, 5.41) is 12.7. The average Bonchev–Trinajstić information content (AvgIpc) is 2.66. The van der Waals surface area contributed by atoms with Crippen LogP contribution >= 0.6 is 15.9 Å². The van der Waals surface area contributed by atoms with Crippen LogP contribution in [0, 0.1) is 4.91 Å². The van der Waals surface area contributed by atoms with Crippen LogP contribution in [-0.2, 0) is 5.41 Å². The van der Waals surface area contributed by atoms with Gasteiger partial charge in [0.15, 0.2) is 0 Å². The van der Waals surface area contributed by atoms with E-state index in [1.165, 1.54) is 0 Å². The molecular weight excluding hydrogens is 378 g/mol. The summed E-state index contributed by atoms with van der Waals surface area (Å²) in [6.45, 7) is 2.14. The second-order valence-corrected chi connectivity index (χ2v) is 6.87. The minimum absolute atomic E-state index is 0.241. The molecule has 0 aliphatic rings. The Morgan fingerprint density at radius 1 is 0.840 bits per heavy atom. The predicted molar refractivity (Wildman–Crippen MR) is 104 cm³/mol. The lowest BCUT2D eigenvalue weighted by atomic mass is 9.68. The van der Waals surface area contributed by atoms with E-state index in [1.54, 1.807) is 24.3 Å². The molecule has 3 aromatic rings. The van der Waals surface area contributed by atoms with Crippen LogP contribution in [-0.4, -0.2) is 5.11 Å². The van der Waals surface area contributed by atoms with E-state index in [9.17, 15) is 10.0 Å². The summed E-state index contributed by atoms with van der Waals surface area (Å²) in [5.41, 5.74) is 3.35. The van der Waals surface area contributed by atoms with Gasteiger partial charge >= 0.3 is 0 Å². The lowest BCUT2D eigenvalue weighted by Gasteiger charge is -2.35. The predicted octanol–water partition coefficient (Wildman–Crippen LogP) is 6.30. The summed E-state index contributed by atoms with van der Waals surface area (Å²) in [6, 6.07) is 23.0. The third-order valence-electron chi connectivity index (χ3n) is 4.69. The molecule has 3 nitrogen and oxygen atoms in total. The maximum absolute atomic E-state index is 10.8. The van der Waals surface area contributed by atoms with Crippen molar-refractivity contribution in [3.8, 4) is 5.75 Å². The maximum Gasteiger partial charge on any atom is 0.115 e. The Hall–Kier alpha value is -2.46. The lowest BCUT2D eigenvalue weighted by Crippen LogP contribution is -2.28. The van der Waals surface area contributed by atoms with Crippen molar-refractivity contribution in [2.24, 2.45) is 5.18 Å². The second-order valence-electron chi connectivity index (χ2n) is 5.95. The fourth-order valence-electron chi connectivity index (χ4n) is 3.40.